The topological polar surface area (TPSA) is 71.5 Å². The normalized spacial score (nSPS) is 14.6. The molecule has 0 aliphatic heterocycles. The van der Waals surface area contributed by atoms with Gasteiger partial charge in [-0.2, -0.15) is 0 Å². The summed E-state index contributed by atoms with van der Waals surface area (Å²) in [4.78, 5) is 16.4. The van der Waals surface area contributed by atoms with Crippen LogP contribution in [0.3, 0.4) is 0 Å². The number of aromatic nitrogens is 1. The van der Waals surface area contributed by atoms with Crippen molar-refractivity contribution in [2.45, 2.75) is 59.3 Å². The van der Waals surface area contributed by atoms with Gasteiger partial charge in [0.1, 0.15) is 5.60 Å². The molecule has 0 radical (unpaired) electrons. The van der Waals surface area contributed by atoms with Crippen molar-refractivity contribution in [3.05, 3.63) is 28.5 Å². The number of rotatable bonds is 4. The Hall–Kier alpha value is -1.33. The van der Waals surface area contributed by atoms with Crippen LogP contribution in [0.25, 0.3) is 0 Å². The zero-order chi connectivity index (χ0) is 17.1. The summed E-state index contributed by atoms with van der Waals surface area (Å²) in [7, 11) is 0. The predicted molar refractivity (Wildman–Crippen MR) is 86.8 cm³/mol. The number of carbonyl (C=O) groups is 1. The molecule has 0 aliphatic rings. The van der Waals surface area contributed by atoms with Crippen LogP contribution in [0.2, 0.25) is 5.02 Å². The zero-order valence-electron chi connectivity index (χ0n) is 14.0. The second-order valence-corrected chi connectivity index (χ2v) is 7.11. The van der Waals surface area contributed by atoms with E-state index in [1.54, 1.807) is 33.8 Å². The molecule has 0 saturated carbocycles. The molecular weight excluding hydrogens is 304 g/mol. The lowest BCUT2D eigenvalue weighted by Crippen LogP contribution is -2.37. The summed E-state index contributed by atoms with van der Waals surface area (Å²) in [6.45, 7) is 11.0. The maximum atomic E-state index is 12.0. The van der Waals surface area contributed by atoms with Gasteiger partial charge in [-0.3, -0.25) is 4.98 Å². The average Bonchev–Trinajstić information content (AvgIpc) is 2.33. The molecule has 22 heavy (non-hydrogen) atoms. The second kappa shape index (κ2) is 7.29. The molecule has 0 aliphatic carbocycles. The Labute approximate surface area is 137 Å². The molecule has 0 saturated heterocycles. The molecule has 2 atom stereocenters. The summed E-state index contributed by atoms with van der Waals surface area (Å²) < 4.78 is 5.30. The minimum absolute atomic E-state index is 0.0682. The van der Waals surface area contributed by atoms with E-state index in [0.717, 1.165) is 0 Å². The van der Waals surface area contributed by atoms with E-state index in [1.807, 2.05) is 13.8 Å². The van der Waals surface area contributed by atoms with Crippen molar-refractivity contribution in [1.82, 2.24) is 10.3 Å². The largest absolute Gasteiger partial charge is 0.444 e. The lowest BCUT2D eigenvalue weighted by molar-refractivity contribution is 0.0486. The summed E-state index contributed by atoms with van der Waals surface area (Å²) >= 11 is 5.95. The van der Waals surface area contributed by atoms with Crippen LogP contribution in [-0.4, -0.2) is 21.8 Å². The van der Waals surface area contributed by atoms with Crippen molar-refractivity contribution in [2.75, 3.05) is 0 Å². The van der Waals surface area contributed by atoms with E-state index in [9.17, 15) is 9.90 Å². The number of nitrogens with zero attached hydrogens (tertiary/aromatic N) is 1. The second-order valence-electron chi connectivity index (χ2n) is 6.67. The first-order valence-electron chi connectivity index (χ1n) is 7.34. The number of hydrogen-bond acceptors (Lipinski definition) is 4. The Kier molecular flexibility index (Phi) is 6.20. The van der Waals surface area contributed by atoms with E-state index in [4.69, 9.17) is 16.3 Å². The van der Waals surface area contributed by atoms with Crippen LogP contribution in [0, 0.1) is 5.92 Å². The molecule has 5 nitrogen and oxygen atoms in total. The number of hydrogen-bond donors (Lipinski definition) is 2. The van der Waals surface area contributed by atoms with Gasteiger partial charge >= 0.3 is 6.09 Å². The smallest absolute Gasteiger partial charge is 0.408 e. The molecule has 0 fully saturated rings. The molecule has 2 N–H and O–H groups in total. The summed E-state index contributed by atoms with van der Waals surface area (Å²) in [6, 6.07) is 1.29. The Morgan fingerprint density at radius 3 is 2.41 bits per heavy atom. The average molecular weight is 329 g/mol. The number of aliphatic hydroxyl groups excluding tert-OH is 1. The van der Waals surface area contributed by atoms with Crippen LogP contribution < -0.4 is 5.32 Å². The molecule has 1 aromatic rings. The summed E-state index contributed by atoms with van der Waals surface area (Å²) in [5.74, 6) is 0.0682. The molecule has 0 bridgehead atoms. The first-order chi connectivity index (χ1) is 10.0. The van der Waals surface area contributed by atoms with Gasteiger partial charge in [0.2, 0.25) is 0 Å². The third kappa shape index (κ3) is 5.46. The first-order valence-corrected chi connectivity index (χ1v) is 7.72. The van der Waals surface area contributed by atoms with Crippen LogP contribution >= 0.6 is 11.6 Å². The molecular formula is C16H25ClN2O3. The summed E-state index contributed by atoms with van der Waals surface area (Å²) in [5, 5.41) is 13.2. The zero-order valence-corrected chi connectivity index (χ0v) is 14.7. The van der Waals surface area contributed by atoms with Gasteiger partial charge < -0.3 is 15.2 Å². The van der Waals surface area contributed by atoms with Gasteiger partial charge in [-0.15, -0.1) is 0 Å². The summed E-state index contributed by atoms with van der Waals surface area (Å²) in [6.07, 6.45) is 0.261. The number of pyridine rings is 1. The number of carbonyl (C=O) groups excluding carboxylic acids is 1. The lowest BCUT2D eigenvalue weighted by Gasteiger charge is -2.27. The van der Waals surface area contributed by atoms with Gasteiger partial charge in [-0.1, -0.05) is 25.4 Å². The van der Waals surface area contributed by atoms with Crippen molar-refractivity contribution in [2.24, 2.45) is 5.92 Å². The SMILES string of the molecule is CC(O)c1cc(Cl)cnc1C(NC(=O)OC(C)(C)C)C(C)C. The molecule has 6 heteroatoms. The van der Waals surface area contributed by atoms with Gasteiger partial charge in [-0.05, 0) is 39.7 Å². The maximum absolute atomic E-state index is 12.0. The highest BCUT2D eigenvalue weighted by molar-refractivity contribution is 6.30. The van der Waals surface area contributed by atoms with E-state index < -0.39 is 17.8 Å². The van der Waals surface area contributed by atoms with Gasteiger partial charge in [0.15, 0.2) is 0 Å². The number of nitrogens with one attached hydrogen (secondary N) is 1. The third-order valence-corrected chi connectivity index (χ3v) is 3.21. The quantitative estimate of drug-likeness (QED) is 0.876. The Bertz CT molecular complexity index is 525. The van der Waals surface area contributed by atoms with E-state index in [0.29, 0.717) is 16.3 Å². The van der Waals surface area contributed by atoms with Crippen molar-refractivity contribution in [3.63, 3.8) is 0 Å². The molecule has 1 aromatic heterocycles. The first kappa shape index (κ1) is 18.7. The highest BCUT2D eigenvalue weighted by atomic mass is 35.5. The minimum Gasteiger partial charge on any atom is -0.444 e. The van der Waals surface area contributed by atoms with Crippen LogP contribution in [0.1, 0.15) is 64.9 Å². The minimum atomic E-state index is -0.733. The van der Waals surface area contributed by atoms with Crippen molar-refractivity contribution in [1.29, 1.82) is 0 Å². The number of aliphatic hydroxyl groups is 1. The van der Waals surface area contributed by atoms with E-state index >= 15 is 0 Å². The van der Waals surface area contributed by atoms with E-state index in [2.05, 4.69) is 10.3 Å². The van der Waals surface area contributed by atoms with E-state index in [1.165, 1.54) is 6.20 Å². The maximum Gasteiger partial charge on any atom is 0.408 e. The number of amides is 1. The standard InChI is InChI=1S/C16H25ClN2O3/c1-9(2)13(19-15(21)22-16(4,5)6)14-12(10(3)20)7-11(17)8-18-14/h7-10,13,20H,1-6H3,(H,19,21). The predicted octanol–water partition coefficient (Wildman–Crippen LogP) is 4.01. The molecule has 0 aromatic carbocycles. The fourth-order valence-electron chi connectivity index (χ4n) is 2.05. The van der Waals surface area contributed by atoms with Gasteiger partial charge in [0.25, 0.3) is 0 Å². The van der Waals surface area contributed by atoms with E-state index in [-0.39, 0.29) is 12.0 Å². The highest BCUT2D eigenvalue weighted by Gasteiger charge is 2.26. The van der Waals surface area contributed by atoms with Crippen molar-refractivity contribution >= 4 is 17.7 Å². The van der Waals surface area contributed by atoms with Crippen molar-refractivity contribution < 1.29 is 14.6 Å². The van der Waals surface area contributed by atoms with Crippen molar-refractivity contribution in [3.8, 4) is 0 Å². The van der Waals surface area contributed by atoms with Crippen LogP contribution in [0.5, 0.6) is 0 Å². The van der Waals surface area contributed by atoms with Gasteiger partial charge in [-0.25, -0.2) is 4.79 Å². The Balaban J connectivity index is 3.09. The number of ether oxygens (including phenoxy) is 1. The molecule has 1 amide bonds. The van der Waals surface area contributed by atoms with Crippen LogP contribution in [0.15, 0.2) is 12.3 Å². The monoisotopic (exact) mass is 328 g/mol. The third-order valence-electron chi connectivity index (χ3n) is 3.00. The fraction of sp³-hybridized carbons (Fsp3) is 0.625. The Morgan fingerprint density at radius 2 is 1.95 bits per heavy atom. The molecule has 1 heterocycles. The summed E-state index contributed by atoms with van der Waals surface area (Å²) in [5.41, 5.74) is 0.620. The number of halogens is 1. The van der Waals surface area contributed by atoms with Gasteiger partial charge in [0.05, 0.1) is 22.9 Å². The molecule has 124 valence electrons. The molecule has 0 spiro atoms. The highest BCUT2D eigenvalue weighted by Crippen LogP contribution is 2.29. The van der Waals surface area contributed by atoms with Crippen LogP contribution in [-0.2, 0) is 4.74 Å². The molecule has 2 unspecified atom stereocenters. The lowest BCUT2D eigenvalue weighted by atomic mass is 9.95. The number of alkyl carbamates (subject to hydrolysis) is 1. The fourth-order valence-corrected chi connectivity index (χ4v) is 2.21. The molecule has 1 rings (SSSR count). The Morgan fingerprint density at radius 1 is 1.36 bits per heavy atom. The van der Waals surface area contributed by atoms with Crippen LogP contribution in [0.4, 0.5) is 4.79 Å². The van der Waals surface area contributed by atoms with Gasteiger partial charge in [0, 0.05) is 11.8 Å².